The minimum absolute atomic E-state index is 0.274. The summed E-state index contributed by atoms with van der Waals surface area (Å²) in [6.07, 6.45) is 0. The number of halogens is 3. The lowest BCUT2D eigenvalue weighted by molar-refractivity contribution is 0.274. The van der Waals surface area contributed by atoms with Crippen molar-refractivity contribution in [1.82, 2.24) is 0 Å². The summed E-state index contributed by atoms with van der Waals surface area (Å²) in [5.41, 5.74) is 0.740. The van der Waals surface area contributed by atoms with Gasteiger partial charge in [0.2, 0.25) is 0 Å². The smallest absolute Gasteiger partial charge is 0.130 e. The molecule has 0 radical (unpaired) electrons. The number of benzene rings is 2. The van der Waals surface area contributed by atoms with Gasteiger partial charge in [0, 0.05) is 16.3 Å². The van der Waals surface area contributed by atoms with E-state index in [1.807, 2.05) is 0 Å². The molecule has 1 atom stereocenters. The Kier molecular flexibility index (Phi) is 4.35. The van der Waals surface area contributed by atoms with Crippen molar-refractivity contribution >= 4 is 17.3 Å². The molecule has 2 nitrogen and oxygen atoms in total. The average molecular weight is 284 g/mol. The third-order valence-corrected chi connectivity index (χ3v) is 2.92. The van der Waals surface area contributed by atoms with Crippen molar-refractivity contribution in [3.63, 3.8) is 0 Å². The third kappa shape index (κ3) is 3.43. The van der Waals surface area contributed by atoms with Gasteiger partial charge in [-0.2, -0.15) is 0 Å². The SMILES string of the molecule is OCC(Nc1cccc(F)c1)c1ccc(Cl)cc1F. The predicted molar refractivity (Wildman–Crippen MR) is 71.3 cm³/mol. The highest BCUT2D eigenvalue weighted by Crippen LogP contribution is 2.24. The van der Waals surface area contributed by atoms with E-state index in [2.05, 4.69) is 5.32 Å². The summed E-state index contributed by atoms with van der Waals surface area (Å²) in [5, 5.41) is 12.5. The lowest BCUT2D eigenvalue weighted by Gasteiger charge is -2.18. The van der Waals surface area contributed by atoms with E-state index in [1.54, 1.807) is 6.07 Å². The molecule has 0 aromatic heterocycles. The fourth-order valence-electron chi connectivity index (χ4n) is 1.79. The van der Waals surface area contributed by atoms with Gasteiger partial charge in [0.15, 0.2) is 0 Å². The van der Waals surface area contributed by atoms with Crippen molar-refractivity contribution in [1.29, 1.82) is 0 Å². The molecular formula is C14H12ClF2NO. The molecule has 2 rings (SSSR count). The van der Waals surface area contributed by atoms with E-state index in [-0.39, 0.29) is 17.2 Å². The van der Waals surface area contributed by atoms with Gasteiger partial charge in [-0.1, -0.05) is 23.7 Å². The van der Waals surface area contributed by atoms with Crippen molar-refractivity contribution in [3.05, 3.63) is 64.7 Å². The molecule has 0 heterocycles. The van der Waals surface area contributed by atoms with Gasteiger partial charge in [-0.3, -0.25) is 0 Å². The van der Waals surface area contributed by atoms with E-state index in [0.29, 0.717) is 5.69 Å². The second kappa shape index (κ2) is 5.99. The van der Waals surface area contributed by atoms with Gasteiger partial charge in [-0.15, -0.1) is 0 Å². The van der Waals surface area contributed by atoms with Gasteiger partial charge in [-0.05, 0) is 30.3 Å². The lowest BCUT2D eigenvalue weighted by atomic mass is 10.1. The zero-order chi connectivity index (χ0) is 13.8. The van der Waals surface area contributed by atoms with Crippen LogP contribution in [0.15, 0.2) is 42.5 Å². The predicted octanol–water partition coefficient (Wildman–Crippen LogP) is 3.76. The molecule has 1 unspecified atom stereocenters. The largest absolute Gasteiger partial charge is 0.394 e. The molecule has 2 N–H and O–H groups in total. The van der Waals surface area contributed by atoms with E-state index in [0.717, 1.165) is 0 Å². The van der Waals surface area contributed by atoms with Crippen molar-refractivity contribution in [3.8, 4) is 0 Å². The van der Waals surface area contributed by atoms with Crippen LogP contribution in [0.3, 0.4) is 0 Å². The maximum absolute atomic E-state index is 13.8. The van der Waals surface area contributed by atoms with Crippen molar-refractivity contribution in [2.75, 3.05) is 11.9 Å². The minimum atomic E-state index is -0.668. The van der Waals surface area contributed by atoms with Gasteiger partial charge in [0.25, 0.3) is 0 Å². The van der Waals surface area contributed by atoms with E-state index < -0.39 is 17.7 Å². The Balaban J connectivity index is 2.25. The Morgan fingerprint density at radius 1 is 1.16 bits per heavy atom. The van der Waals surface area contributed by atoms with Crippen molar-refractivity contribution < 1.29 is 13.9 Å². The fourth-order valence-corrected chi connectivity index (χ4v) is 1.94. The van der Waals surface area contributed by atoms with Gasteiger partial charge in [0.05, 0.1) is 12.6 Å². The molecule has 0 saturated heterocycles. The summed E-state index contributed by atoms with van der Waals surface area (Å²) < 4.78 is 26.8. The first kappa shape index (κ1) is 13.8. The van der Waals surface area contributed by atoms with Crippen molar-refractivity contribution in [2.45, 2.75) is 6.04 Å². The molecule has 0 aliphatic heterocycles. The maximum Gasteiger partial charge on any atom is 0.130 e. The van der Waals surface area contributed by atoms with Gasteiger partial charge in [0.1, 0.15) is 11.6 Å². The Labute approximate surface area is 114 Å². The first-order chi connectivity index (χ1) is 9.10. The monoisotopic (exact) mass is 283 g/mol. The van der Waals surface area contributed by atoms with Crippen LogP contribution in [-0.2, 0) is 0 Å². The minimum Gasteiger partial charge on any atom is -0.394 e. The molecule has 100 valence electrons. The molecule has 2 aromatic carbocycles. The van der Waals surface area contributed by atoms with Crippen molar-refractivity contribution in [2.24, 2.45) is 0 Å². The summed E-state index contributed by atoms with van der Waals surface area (Å²) in [5.74, 6) is -0.922. The normalized spacial score (nSPS) is 12.2. The molecule has 0 bridgehead atoms. The molecule has 5 heteroatoms. The first-order valence-electron chi connectivity index (χ1n) is 5.68. The van der Waals surface area contributed by atoms with E-state index in [9.17, 15) is 13.9 Å². The third-order valence-electron chi connectivity index (χ3n) is 2.69. The van der Waals surface area contributed by atoms with Crippen LogP contribution in [0.5, 0.6) is 0 Å². The standard InChI is InChI=1S/C14H12ClF2NO/c15-9-4-5-12(13(17)6-9)14(8-19)18-11-3-1-2-10(16)7-11/h1-7,14,18-19H,8H2. The second-order valence-electron chi connectivity index (χ2n) is 4.06. The van der Waals surface area contributed by atoms with Gasteiger partial charge >= 0.3 is 0 Å². The van der Waals surface area contributed by atoms with Crippen LogP contribution >= 0.6 is 11.6 Å². The number of aliphatic hydroxyl groups is 1. The highest BCUT2D eigenvalue weighted by Gasteiger charge is 2.15. The number of rotatable bonds is 4. The van der Waals surface area contributed by atoms with Crippen LogP contribution in [0.2, 0.25) is 5.02 Å². The maximum atomic E-state index is 13.8. The molecular weight excluding hydrogens is 272 g/mol. The lowest BCUT2D eigenvalue weighted by Crippen LogP contribution is -2.16. The summed E-state index contributed by atoms with van der Waals surface area (Å²) >= 11 is 5.67. The quantitative estimate of drug-likeness (QED) is 0.895. The Morgan fingerprint density at radius 2 is 1.95 bits per heavy atom. The summed E-state index contributed by atoms with van der Waals surface area (Å²) in [4.78, 5) is 0. The van der Waals surface area contributed by atoms with Crippen LogP contribution < -0.4 is 5.32 Å². The summed E-state index contributed by atoms with van der Waals surface area (Å²) in [7, 11) is 0. The first-order valence-corrected chi connectivity index (χ1v) is 6.06. The molecule has 0 spiro atoms. The highest BCUT2D eigenvalue weighted by molar-refractivity contribution is 6.30. The van der Waals surface area contributed by atoms with Crippen LogP contribution in [-0.4, -0.2) is 11.7 Å². The summed E-state index contributed by atoms with van der Waals surface area (Å²) in [6.45, 7) is -0.324. The van der Waals surface area contributed by atoms with E-state index >= 15 is 0 Å². The average Bonchev–Trinajstić information content (AvgIpc) is 2.37. The Morgan fingerprint density at radius 3 is 2.58 bits per heavy atom. The topological polar surface area (TPSA) is 32.3 Å². The number of aliphatic hydroxyl groups excluding tert-OH is 1. The highest BCUT2D eigenvalue weighted by atomic mass is 35.5. The number of anilines is 1. The van der Waals surface area contributed by atoms with Crippen LogP contribution in [0.25, 0.3) is 0 Å². The van der Waals surface area contributed by atoms with Gasteiger partial charge < -0.3 is 10.4 Å². The number of hydrogen-bond acceptors (Lipinski definition) is 2. The fraction of sp³-hybridized carbons (Fsp3) is 0.143. The zero-order valence-electron chi connectivity index (χ0n) is 9.91. The molecule has 0 fully saturated rings. The van der Waals surface area contributed by atoms with Crippen LogP contribution in [0, 0.1) is 11.6 Å². The molecule has 0 aliphatic carbocycles. The molecule has 0 aliphatic rings. The molecule has 2 aromatic rings. The van der Waals surface area contributed by atoms with E-state index in [4.69, 9.17) is 11.6 Å². The zero-order valence-corrected chi connectivity index (χ0v) is 10.7. The summed E-state index contributed by atoms with van der Waals surface area (Å²) in [6, 6.07) is 9.29. The molecule has 0 amide bonds. The molecule has 0 saturated carbocycles. The van der Waals surface area contributed by atoms with Crippen LogP contribution in [0.4, 0.5) is 14.5 Å². The number of hydrogen-bond donors (Lipinski definition) is 2. The van der Waals surface area contributed by atoms with Gasteiger partial charge in [-0.25, -0.2) is 8.78 Å². The second-order valence-corrected chi connectivity index (χ2v) is 4.49. The van der Waals surface area contributed by atoms with Crippen LogP contribution in [0.1, 0.15) is 11.6 Å². The molecule has 19 heavy (non-hydrogen) atoms. The Hall–Kier alpha value is -1.65. The van der Waals surface area contributed by atoms with E-state index in [1.165, 1.54) is 36.4 Å². The number of nitrogens with one attached hydrogen (secondary N) is 1. The Bertz CT molecular complexity index is 577.